The van der Waals surface area contributed by atoms with Gasteiger partial charge in [-0.2, -0.15) is 0 Å². The lowest BCUT2D eigenvalue weighted by molar-refractivity contribution is -0.114. The van der Waals surface area contributed by atoms with Crippen molar-refractivity contribution in [3.05, 3.63) is 46.2 Å². The first kappa shape index (κ1) is 17.9. The molecule has 24 heavy (non-hydrogen) atoms. The van der Waals surface area contributed by atoms with Crippen molar-refractivity contribution >= 4 is 33.6 Å². The zero-order valence-electron chi connectivity index (χ0n) is 13.3. The normalized spacial score (nSPS) is 10.1. The predicted molar refractivity (Wildman–Crippen MR) is 92.8 cm³/mol. The number of carbonyl (C=O) groups is 2. The molecule has 0 unspecified atom stereocenters. The van der Waals surface area contributed by atoms with E-state index in [1.165, 1.54) is 6.92 Å². The molecule has 0 aliphatic rings. The second kappa shape index (κ2) is 8.39. The Morgan fingerprint density at radius 1 is 1.29 bits per heavy atom. The highest BCUT2D eigenvalue weighted by Crippen LogP contribution is 2.18. The molecule has 7 nitrogen and oxygen atoms in total. The van der Waals surface area contributed by atoms with Crippen LogP contribution in [0, 0.1) is 0 Å². The van der Waals surface area contributed by atoms with Crippen LogP contribution in [0.15, 0.2) is 34.9 Å². The summed E-state index contributed by atoms with van der Waals surface area (Å²) in [6.45, 7) is 3.98. The Balaban J connectivity index is 2.11. The van der Waals surface area contributed by atoms with Crippen LogP contribution in [0.4, 0.5) is 5.82 Å². The largest absolute Gasteiger partial charge is 0.478 e. The summed E-state index contributed by atoms with van der Waals surface area (Å²) < 4.78 is 5.96. The molecular weight excluding hydrogens is 376 g/mol. The number of pyridine rings is 2. The highest BCUT2D eigenvalue weighted by Gasteiger charge is 2.14. The molecule has 0 spiro atoms. The first-order valence-corrected chi connectivity index (χ1v) is 8.09. The summed E-state index contributed by atoms with van der Waals surface area (Å²) in [5, 5.41) is 5.32. The van der Waals surface area contributed by atoms with Crippen LogP contribution >= 0.6 is 15.9 Å². The van der Waals surface area contributed by atoms with Crippen LogP contribution in [0.1, 0.15) is 29.9 Å². The molecule has 2 aromatic rings. The SMILES string of the molecule is CCOc1ncccc1CNC(=O)c1nc(NC(C)=O)ccc1Br. The topological polar surface area (TPSA) is 93.2 Å². The Labute approximate surface area is 148 Å². The molecule has 2 rings (SSSR count). The van der Waals surface area contributed by atoms with E-state index in [1.807, 2.05) is 13.0 Å². The van der Waals surface area contributed by atoms with Gasteiger partial charge in [0.2, 0.25) is 11.8 Å². The van der Waals surface area contributed by atoms with E-state index in [0.29, 0.717) is 22.8 Å². The molecule has 0 fully saturated rings. The number of rotatable bonds is 6. The van der Waals surface area contributed by atoms with Crippen LogP contribution in [-0.4, -0.2) is 28.4 Å². The van der Waals surface area contributed by atoms with E-state index in [9.17, 15) is 9.59 Å². The molecular formula is C16H17BrN4O3. The maximum Gasteiger partial charge on any atom is 0.271 e. The third-order valence-electron chi connectivity index (χ3n) is 2.94. The number of halogens is 1. The summed E-state index contributed by atoms with van der Waals surface area (Å²) in [7, 11) is 0. The zero-order valence-corrected chi connectivity index (χ0v) is 14.9. The van der Waals surface area contributed by atoms with Crippen molar-refractivity contribution in [1.29, 1.82) is 0 Å². The van der Waals surface area contributed by atoms with Gasteiger partial charge >= 0.3 is 0 Å². The molecule has 0 saturated heterocycles. The maximum atomic E-state index is 12.4. The summed E-state index contributed by atoms with van der Waals surface area (Å²) in [6, 6.07) is 6.86. The van der Waals surface area contributed by atoms with Crippen molar-refractivity contribution in [3.63, 3.8) is 0 Å². The fourth-order valence-corrected chi connectivity index (χ4v) is 2.34. The molecule has 126 valence electrons. The summed E-state index contributed by atoms with van der Waals surface area (Å²) in [6.07, 6.45) is 1.63. The number of aromatic nitrogens is 2. The Hall–Kier alpha value is -2.48. The van der Waals surface area contributed by atoms with Gasteiger partial charge in [-0.3, -0.25) is 9.59 Å². The number of ether oxygens (including phenoxy) is 1. The van der Waals surface area contributed by atoms with E-state index in [0.717, 1.165) is 5.56 Å². The van der Waals surface area contributed by atoms with Crippen molar-refractivity contribution < 1.29 is 14.3 Å². The molecule has 8 heteroatoms. The van der Waals surface area contributed by atoms with Crippen LogP contribution in [0.2, 0.25) is 0 Å². The van der Waals surface area contributed by atoms with E-state index in [4.69, 9.17) is 4.74 Å². The lowest BCUT2D eigenvalue weighted by Crippen LogP contribution is -2.25. The summed E-state index contributed by atoms with van der Waals surface area (Å²) in [4.78, 5) is 31.8. The van der Waals surface area contributed by atoms with Gasteiger partial charge in [-0.25, -0.2) is 9.97 Å². The molecule has 0 atom stereocenters. The second-order valence-corrected chi connectivity index (χ2v) is 5.65. The Morgan fingerprint density at radius 3 is 2.79 bits per heavy atom. The minimum atomic E-state index is -0.375. The fraction of sp³-hybridized carbons (Fsp3) is 0.250. The van der Waals surface area contributed by atoms with E-state index < -0.39 is 0 Å². The molecule has 0 aliphatic heterocycles. The minimum Gasteiger partial charge on any atom is -0.478 e. The number of hydrogen-bond donors (Lipinski definition) is 2. The number of nitrogens with one attached hydrogen (secondary N) is 2. The van der Waals surface area contributed by atoms with E-state index in [-0.39, 0.29) is 24.1 Å². The van der Waals surface area contributed by atoms with Gasteiger partial charge in [0.05, 0.1) is 6.61 Å². The van der Waals surface area contributed by atoms with Gasteiger partial charge in [0.15, 0.2) is 0 Å². The Morgan fingerprint density at radius 2 is 2.08 bits per heavy atom. The third-order valence-corrected chi connectivity index (χ3v) is 3.58. The van der Waals surface area contributed by atoms with Crippen LogP contribution in [0.25, 0.3) is 0 Å². The van der Waals surface area contributed by atoms with Crippen LogP contribution in [0.3, 0.4) is 0 Å². The predicted octanol–water partition coefficient (Wildman–Crippen LogP) is 2.53. The molecule has 0 bridgehead atoms. The number of nitrogens with zero attached hydrogens (tertiary/aromatic N) is 2. The molecule has 0 radical (unpaired) electrons. The minimum absolute atomic E-state index is 0.183. The molecule has 0 aliphatic carbocycles. The van der Waals surface area contributed by atoms with E-state index >= 15 is 0 Å². The van der Waals surface area contributed by atoms with Crippen molar-refractivity contribution in [3.8, 4) is 5.88 Å². The lowest BCUT2D eigenvalue weighted by Gasteiger charge is -2.11. The van der Waals surface area contributed by atoms with E-state index in [2.05, 4.69) is 36.5 Å². The summed E-state index contributed by atoms with van der Waals surface area (Å²) in [5.74, 6) is 0.167. The van der Waals surface area contributed by atoms with E-state index in [1.54, 1.807) is 24.4 Å². The molecule has 2 amide bonds. The number of carbonyl (C=O) groups excluding carboxylic acids is 2. The lowest BCUT2D eigenvalue weighted by atomic mass is 10.2. The van der Waals surface area contributed by atoms with Crippen LogP contribution in [-0.2, 0) is 11.3 Å². The van der Waals surface area contributed by atoms with Gasteiger partial charge in [0.25, 0.3) is 5.91 Å². The summed E-state index contributed by atoms with van der Waals surface area (Å²) >= 11 is 3.29. The van der Waals surface area contributed by atoms with Crippen molar-refractivity contribution in [2.45, 2.75) is 20.4 Å². The van der Waals surface area contributed by atoms with Crippen molar-refractivity contribution in [2.75, 3.05) is 11.9 Å². The third kappa shape index (κ3) is 4.76. The second-order valence-electron chi connectivity index (χ2n) is 4.79. The number of hydrogen-bond acceptors (Lipinski definition) is 5. The average Bonchev–Trinajstić information content (AvgIpc) is 2.55. The van der Waals surface area contributed by atoms with Crippen LogP contribution in [0.5, 0.6) is 5.88 Å². The molecule has 0 aromatic carbocycles. The highest BCUT2D eigenvalue weighted by atomic mass is 79.9. The number of amides is 2. The number of anilines is 1. The first-order chi connectivity index (χ1) is 11.5. The maximum absolute atomic E-state index is 12.4. The van der Waals surface area contributed by atoms with Gasteiger partial charge in [0.1, 0.15) is 11.5 Å². The van der Waals surface area contributed by atoms with Gasteiger partial charge in [-0.05, 0) is 41.1 Å². The highest BCUT2D eigenvalue weighted by molar-refractivity contribution is 9.10. The quantitative estimate of drug-likeness (QED) is 0.787. The molecule has 2 N–H and O–H groups in total. The van der Waals surface area contributed by atoms with Gasteiger partial charge in [0, 0.05) is 29.7 Å². The average molecular weight is 393 g/mol. The zero-order chi connectivity index (χ0) is 17.5. The van der Waals surface area contributed by atoms with Gasteiger partial charge in [-0.1, -0.05) is 6.07 Å². The van der Waals surface area contributed by atoms with Gasteiger partial charge in [-0.15, -0.1) is 0 Å². The van der Waals surface area contributed by atoms with Crippen molar-refractivity contribution in [2.24, 2.45) is 0 Å². The van der Waals surface area contributed by atoms with Gasteiger partial charge < -0.3 is 15.4 Å². The Bertz CT molecular complexity index is 752. The molecule has 2 heterocycles. The molecule has 2 aromatic heterocycles. The first-order valence-electron chi connectivity index (χ1n) is 7.30. The summed E-state index contributed by atoms with van der Waals surface area (Å²) in [5.41, 5.74) is 0.949. The van der Waals surface area contributed by atoms with Crippen molar-refractivity contribution in [1.82, 2.24) is 15.3 Å². The molecule has 0 saturated carbocycles. The smallest absolute Gasteiger partial charge is 0.271 e. The standard InChI is InChI=1S/C16H17BrN4O3/c1-3-24-16-11(5-4-8-18-16)9-19-15(23)14-12(17)6-7-13(21-14)20-10(2)22/h4-8H,3,9H2,1-2H3,(H,19,23)(H,20,21,22). The monoisotopic (exact) mass is 392 g/mol. The Kier molecular flexibility index (Phi) is 6.25. The van der Waals surface area contributed by atoms with Crippen LogP contribution < -0.4 is 15.4 Å². The fourth-order valence-electron chi connectivity index (χ4n) is 1.94.